The summed E-state index contributed by atoms with van der Waals surface area (Å²) in [6.07, 6.45) is 9.57. The topological polar surface area (TPSA) is 19.4 Å². The predicted molar refractivity (Wildman–Crippen MR) is 82.5 cm³/mol. The minimum Gasteiger partial charge on any atom is -0.298 e. The van der Waals surface area contributed by atoms with Gasteiger partial charge in [0.25, 0.3) is 0 Å². The van der Waals surface area contributed by atoms with Crippen molar-refractivity contribution in [3.8, 4) is 0 Å². The van der Waals surface area contributed by atoms with Crippen LogP contribution in [0.3, 0.4) is 0 Å². The van der Waals surface area contributed by atoms with Gasteiger partial charge in [-0.2, -0.15) is 0 Å². The zero-order valence-corrected chi connectivity index (χ0v) is 12.7. The summed E-state index contributed by atoms with van der Waals surface area (Å²) in [5, 5.41) is 0. The molecule has 0 bridgehead atoms. The molecule has 1 saturated carbocycles. The quantitative estimate of drug-likeness (QED) is 0.844. The first-order valence-electron chi connectivity index (χ1n) is 8.16. The molecule has 3 heteroatoms. The molecule has 1 saturated heterocycles. The first kappa shape index (κ1) is 14.0. The molecule has 1 aliphatic heterocycles. The van der Waals surface area contributed by atoms with E-state index in [2.05, 4.69) is 27.8 Å². The third kappa shape index (κ3) is 3.58. The molecule has 1 aromatic heterocycles. The number of piperazine rings is 1. The van der Waals surface area contributed by atoms with Gasteiger partial charge < -0.3 is 0 Å². The predicted octanol–water partition coefficient (Wildman–Crippen LogP) is 2.78. The first-order valence-corrected chi connectivity index (χ1v) is 8.16. The summed E-state index contributed by atoms with van der Waals surface area (Å²) in [6.45, 7) is 8.39. The Morgan fingerprint density at radius 2 is 2.05 bits per heavy atom. The third-order valence-electron chi connectivity index (χ3n) is 4.96. The molecule has 2 heterocycles. The Hall–Kier alpha value is -0.930. The van der Waals surface area contributed by atoms with E-state index in [-0.39, 0.29) is 0 Å². The van der Waals surface area contributed by atoms with Crippen LogP contribution in [0.25, 0.3) is 0 Å². The van der Waals surface area contributed by atoms with Gasteiger partial charge in [-0.25, -0.2) is 0 Å². The molecule has 0 unspecified atom stereocenters. The van der Waals surface area contributed by atoms with Crippen LogP contribution in [-0.2, 0) is 6.54 Å². The van der Waals surface area contributed by atoms with Gasteiger partial charge in [0.15, 0.2) is 0 Å². The van der Waals surface area contributed by atoms with Gasteiger partial charge in [0.05, 0.1) is 0 Å². The lowest BCUT2D eigenvalue weighted by atomic mass is 9.86. The van der Waals surface area contributed by atoms with E-state index in [1.165, 1.54) is 57.4 Å². The Labute approximate surface area is 123 Å². The van der Waals surface area contributed by atoms with Crippen molar-refractivity contribution in [1.29, 1.82) is 0 Å². The summed E-state index contributed by atoms with van der Waals surface area (Å²) in [4.78, 5) is 9.52. The Bertz CT molecular complexity index is 398. The lowest BCUT2D eigenvalue weighted by Gasteiger charge is -2.42. The van der Waals surface area contributed by atoms with E-state index in [1.807, 2.05) is 18.5 Å². The Morgan fingerprint density at radius 3 is 2.75 bits per heavy atom. The maximum absolute atomic E-state index is 4.21. The van der Waals surface area contributed by atoms with Gasteiger partial charge >= 0.3 is 0 Å². The molecule has 0 aromatic carbocycles. The zero-order chi connectivity index (χ0) is 13.8. The van der Waals surface area contributed by atoms with Crippen LogP contribution in [0.1, 0.15) is 38.2 Å². The van der Waals surface area contributed by atoms with E-state index in [9.17, 15) is 0 Å². The monoisotopic (exact) mass is 273 g/mol. The molecule has 2 fully saturated rings. The molecule has 110 valence electrons. The van der Waals surface area contributed by atoms with Crippen molar-refractivity contribution in [1.82, 2.24) is 14.8 Å². The molecule has 0 amide bonds. The van der Waals surface area contributed by atoms with E-state index in [0.29, 0.717) is 0 Å². The number of rotatable bonds is 3. The van der Waals surface area contributed by atoms with E-state index >= 15 is 0 Å². The number of pyridine rings is 1. The SMILES string of the molecule is C[C@@H]1CCC[C@@H](N2CCN(Cc3cccnc3)CC2)C1. The fraction of sp³-hybridized carbons (Fsp3) is 0.706. The minimum absolute atomic E-state index is 0.860. The zero-order valence-electron chi connectivity index (χ0n) is 12.7. The molecule has 0 N–H and O–H groups in total. The lowest BCUT2D eigenvalue weighted by molar-refractivity contribution is 0.0659. The van der Waals surface area contributed by atoms with Gasteiger partial charge in [0.1, 0.15) is 0 Å². The average molecular weight is 273 g/mol. The summed E-state index contributed by atoms with van der Waals surface area (Å²) in [7, 11) is 0. The first-order chi connectivity index (χ1) is 9.81. The largest absolute Gasteiger partial charge is 0.298 e. The molecule has 2 aliphatic rings. The van der Waals surface area contributed by atoms with Crippen molar-refractivity contribution < 1.29 is 0 Å². The fourth-order valence-corrected chi connectivity index (χ4v) is 3.77. The van der Waals surface area contributed by atoms with Crippen LogP contribution in [0.4, 0.5) is 0 Å². The number of aromatic nitrogens is 1. The van der Waals surface area contributed by atoms with Crippen LogP contribution in [0.2, 0.25) is 0 Å². The second-order valence-corrected chi connectivity index (χ2v) is 6.60. The van der Waals surface area contributed by atoms with Crippen LogP contribution in [0.15, 0.2) is 24.5 Å². The van der Waals surface area contributed by atoms with E-state index < -0.39 is 0 Å². The van der Waals surface area contributed by atoms with Crippen molar-refractivity contribution in [3.05, 3.63) is 30.1 Å². The Kier molecular flexibility index (Phi) is 4.69. The van der Waals surface area contributed by atoms with E-state index in [1.54, 1.807) is 0 Å². The van der Waals surface area contributed by atoms with Crippen LogP contribution in [0, 0.1) is 5.92 Å². The van der Waals surface area contributed by atoms with Crippen LogP contribution < -0.4 is 0 Å². The summed E-state index contributed by atoms with van der Waals surface area (Å²) in [5.41, 5.74) is 1.34. The van der Waals surface area contributed by atoms with Crippen molar-refractivity contribution in [3.63, 3.8) is 0 Å². The van der Waals surface area contributed by atoms with E-state index in [0.717, 1.165) is 18.5 Å². The molecule has 20 heavy (non-hydrogen) atoms. The van der Waals surface area contributed by atoms with Crippen LogP contribution >= 0.6 is 0 Å². The van der Waals surface area contributed by atoms with Gasteiger partial charge in [0, 0.05) is 51.2 Å². The highest BCUT2D eigenvalue weighted by atomic mass is 15.3. The summed E-state index contributed by atoms with van der Waals surface area (Å²) in [6, 6.07) is 5.08. The summed E-state index contributed by atoms with van der Waals surface area (Å²) >= 11 is 0. The fourth-order valence-electron chi connectivity index (χ4n) is 3.77. The van der Waals surface area contributed by atoms with Gasteiger partial charge in [-0.3, -0.25) is 14.8 Å². The maximum atomic E-state index is 4.21. The average Bonchev–Trinajstić information content (AvgIpc) is 2.49. The van der Waals surface area contributed by atoms with E-state index in [4.69, 9.17) is 0 Å². The van der Waals surface area contributed by atoms with Gasteiger partial charge in [-0.15, -0.1) is 0 Å². The second-order valence-electron chi connectivity index (χ2n) is 6.60. The molecule has 3 nitrogen and oxygen atoms in total. The smallest absolute Gasteiger partial charge is 0.0312 e. The highest BCUT2D eigenvalue weighted by Gasteiger charge is 2.27. The third-order valence-corrected chi connectivity index (χ3v) is 4.96. The van der Waals surface area contributed by atoms with Crippen molar-refractivity contribution in [2.45, 2.75) is 45.2 Å². The Morgan fingerprint density at radius 1 is 1.20 bits per heavy atom. The Balaban J connectivity index is 1.47. The number of nitrogens with zero attached hydrogens (tertiary/aromatic N) is 3. The molecule has 0 spiro atoms. The van der Waals surface area contributed by atoms with Gasteiger partial charge in [-0.05, 0) is 30.4 Å². The minimum atomic E-state index is 0.860. The standard InChI is InChI=1S/C17H27N3/c1-15-4-2-6-17(12-15)20-10-8-19(9-11-20)14-16-5-3-7-18-13-16/h3,5,7,13,15,17H,2,4,6,8-12,14H2,1H3/t15-,17-/m1/s1. The van der Waals surface area contributed by atoms with Crippen LogP contribution in [-0.4, -0.2) is 47.0 Å². The highest BCUT2D eigenvalue weighted by Crippen LogP contribution is 2.28. The van der Waals surface area contributed by atoms with Crippen molar-refractivity contribution >= 4 is 0 Å². The molecule has 2 atom stereocenters. The van der Waals surface area contributed by atoms with Crippen molar-refractivity contribution in [2.75, 3.05) is 26.2 Å². The number of hydrogen-bond donors (Lipinski definition) is 0. The molecular weight excluding hydrogens is 246 g/mol. The molecule has 1 aliphatic carbocycles. The van der Waals surface area contributed by atoms with Crippen LogP contribution in [0.5, 0.6) is 0 Å². The molecule has 1 aromatic rings. The van der Waals surface area contributed by atoms with Crippen molar-refractivity contribution in [2.24, 2.45) is 5.92 Å². The maximum Gasteiger partial charge on any atom is 0.0312 e. The normalized spacial score (nSPS) is 29.4. The highest BCUT2D eigenvalue weighted by molar-refractivity contribution is 5.08. The lowest BCUT2D eigenvalue weighted by Crippen LogP contribution is -2.50. The van der Waals surface area contributed by atoms with Gasteiger partial charge in [-0.1, -0.05) is 25.8 Å². The second kappa shape index (κ2) is 6.68. The summed E-state index contributed by atoms with van der Waals surface area (Å²) < 4.78 is 0. The van der Waals surface area contributed by atoms with Gasteiger partial charge in [0.2, 0.25) is 0 Å². The molecular formula is C17H27N3. The summed E-state index contributed by atoms with van der Waals surface area (Å²) in [5.74, 6) is 0.933. The number of hydrogen-bond acceptors (Lipinski definition) is 3. The molecule has 3 rings (SSSR count). The molecule has 0 radical (unpaired) electrons.